The molecule has 1 aromatic heterocycles. The largest absolute Gasteiger partial charge is 0.488 e. The van der Waals surface area contributed by atoms with Crippen molar-refractivity contribution in [2.45, 2.75) is 13.5 Å². The molecule has 0 saturated heterocycles. The van der Waals surface area contributed by atoms with Crippen molar-refractivity contribution in [3.63, 3.8) is 0 Å². The number of ether oxygens (including phenoxy) is 1. The van der Waals surface area contributed by atoms with Gasteiger partial charge in [0.1, 0.15) is 18.2 Å². The van der Waals surface area contributed by atoms with Crippen LogP contribution in [0.5, 0.6) is 5.75 Å². The summed E-state index contributed by atoms with van der Waals surface area (Å²) in [6, 6.07) is 17.8. The van der Waals surface area contributed by atoms with Gasteiger partial charge in [0.15, 0.2) is 0 Å². The number of aromatic nitrogens is 3. The molecule has 0 spiro atoms. The number of benzene rings is 2. The second-order valence-corrected chi connectivity index (χ2v) is 5.33. The van der Waals surface area contributed by atoms with Crippen molar-refractivity contribution < 1.29 is 4.74 Å². The van der Waals surface area contributed by atoms with Crippen LogP contribution in [-0.2, 0) is 6.61 Å². The molecule has 1 N–H and O–H groups in total. The van der Waals surface area contributed by atoms with Crippen molar-refractivity contribution in [1.29, 1.82) is 0 Å². The molecule has 2 aromatic carbocycles. The van der Waals surface area contributed by atoms with Crippen LogP contribution in [0.4, 0.5) is 0 Å². The van der Waals surface area contributed by atoms with Crippen LogP contribution in [0.25, 0.3) is 0 Å². The number of hydrogen-bond donors (Lipinski definition) is 1. The number of hydrogen-bond acceptors (Lipinski definition) is 4. The molecule has 0 bridgehead atoms. The van der Waals surface area contributed by atoms with Crippen LogP contribution in [0.3, 0.4) is 0 Å². The monoisotopic (exact) mass is 324 g/mol. The molecule has 0 atom stereocenters. The van der Waals surface area contributed by atoms with E-state index in [1.807, 2.05) is 61.5 Å². The molecular formula is C17H16N4OS. The van der Waals surface area contributed by atoms with Gasteiger partial charge in [-0.25, -0.2) is 0 Å². The Hall–Kier alpha value is -2.73. The minimum Gasteiger partial charge on any atom is -0.488 e. The molecule has 3 aromatic rings. The van der Waals surface area contributed by atoms with Gasteiger partial charge in [-0.1, -0.05) is 42.5 Å². The second-order valence-electron chi connectivity index (χ2n) is 4.94. The van der Waals surface area contributed by atoms with Crippen molar-refractivity contribution in [2.24, 2.45) is 5.10 Å². The van der Waals surface area contributed by atoms with E-state index in [1.54, 1.807) is 10.9 Å². The first-order valence-electron chi connectivity index (χ1n) is 7.18. The molecule has 116 valence electrons. The average molecular weight is 324 g/mol. The number of rotatable bonds is 5. The smallest absolute Gasteiger partial charge is 0.216 e. The van der Waals surface area contributed by atoms with Crippen LogP contribution < -0.4 is 4.74 Å². The Morgan fingerprint density at radius 1 is 1.17 bits per heavy atom. The Bertz CT molecular complexity index is 868. The zero-order chi connectivity index (χ0) is 16.1. The highest BCUT2D eigenvalue weighted by atomic mass is 32.1. The van der Waals surface area contributed by atoms with E-state index in [9.17, 15) is 0 Å². The van der Waals surface area contributed by atoms with E-state index in [4.69, 9.17) is 17.0 Å². The van der Waals surface area contributed by atoms with Crippen molar-refractivity contribution in [3.05, 3.63) is 76.3 Å². The van der Waals surface area contributed by atoms with Crippen molar-refractivity contribution in [1.82, 2.24) is 14.9 Å². The molecule has 1 heterocycles. The third kappa shape index (κ3) is 3.73. The lowest BCUT2D eigenvalue weighted by Gasteiger charge is -2.08. The summed E-state index contributed by atoms with van der Waals surface area (Å²) in [6.45, 7) is 2.34. The van der Waals surface area contributed by atoms with Gasteiger partial charge in [0, 0.05) is 5.56 Å². The molecule has 0 amide bonds. The van der Waals surface area contributed by atoms with Crippen molar-refractivity contribution in [2.75, 3.05) is 0 Å². The molecule has 0 radical (unpaired) electrons. The van der Waals surface area contributed by atoms with E-state index in [1.165, 1.54) is 0 Å². The normalized spacial score (nSPS) is 11.0. The van der Waals surface area contributed by atoms with Gasteiger partial charge in [-0.3, -0.25) is 5.10 Å². The predicted octanol–water partition coefficient (Wildman–Crippen LogP) is 3.71. The first kappa shape index (κ1) is 15.2. The summed E-state index contributed by atoms with van der Waals surface area (Å²) in [7, 11) is 0. The van der Waals surface area contributed by atoms with Gasteiger partial charge in [-0.05, 0) is 36.8 Å². The number of aromatic amines is 1. The standard InChI is InChI=1S/C17H16N4OS/c1-13-19-20-17(23)21(13)18-11-15-9-5-6-10-16(15)22-12-14-7-3-2-4-8-14/h2-11H,12H2,1H3,(H,20,23). The Labute approximate surface area is 139 Å². The molecule has 6 heteroatoms. The van der Waals surface area contributed by atoms with E-state index in [2.05, 4.69) is 15.3 Å². The minimum atomic E-state index is 0.460. The molecule has 0 aliphatic heterocycles. The van der Waals surface area contributed by atoms with E-state index in [0.717, 1.165) is 16.9 Å². The third-order valence-corrected chi connectivity index (χ3v) is 3.54. The van der Waals surface area contributed by atoms with E-state index in [-0.39, 0.29) is 0 Å². The van der Waals surface area contributed by atoms with Gasteiger partial charge in [-0.2, -0.15) is 14.9 Å². The number of nitrogens with zero attached hydrogens (tertiary/aromatic N) is 3. The first-order chi connectivity index (χ1) is 11.2. The Kier molecular flexibility index (Phi) is 4.63. The van der Waals surface area contributed by atoms with Crippen molar-refractivity contribution in [3.8, 4) is 5.75 Å². The second kappa shape index (κ2) is 7.02. The van der Waals surface area contributed by atoms with Crippen LogP contribution >= 0.6 is 12.2 Å². The molecule has 5 nitrogen and oxygen atoms in total. The number of aryl methyl sites for hydroxylation is 1. The number of para-hydroxylation sites is 1. The minimum absolute atomic E-state index is 0.460. The van der Waals surface area contributed by atoms with E-state index < -0.39 is 0 Å². The maximum Gasteiger partial charge on any atom is 0.216 e. The Balaban J connectivity index is 1.79. The third-order valence-electron chi connectivity index (χ3n) is 3.28. The fourth-order valence-electron chi connectivity index (χ4n) is 2.08. The van der Waals surface area contributed by atoms with E-state index in [0.29, 0.717) is 17.2 Å². The lowest BCUT2D eigenvalue weighted by molar-refractivity contribution is 0.306. The Morgan fingerprint density at radius 2 is 1.91 bits per heavy atom. The number of nitrogens with one attached hydrogen (secondary N) is 1. The van der Waals surface area contributed by atoms with E-state index >= 15 is 0 Å². The topological polar surface area (TPSA) is 55.2 Å². The summed E-state index contributed by atoms with van der Waals surface area (Å²) in [4.78, 5) is 0. The summed E-state index contributed by atoms with van der Waals surface area (Å²) >= 11 is 5.14. The molecule has 0 aliphatic rings. The molecule has 23 heavy (non-hydrogen) atoms. The highest BCUT2D eigenvalue weighted by molar-refractivity contribution is 7.71. The lowest BCUT2D eigenvalue weighted by Crippen LogP contribution is -1.99. The summed E-state index contributed by atoms with van der Waals surface area (Å²) in [5.41, 5.74) is 2.00. The average Bonchev–Trinajstić information content (AvgIpc) is 2.91. The molecular weight excluding hydrogens is 308 g/mol. The van der Waals surface area contributed by atoms with Gasteiger partial charge in [-0.15, -0.1) is 0 Å². The zero-order valence-electron chi connectivity index (χ0n) is 12.6. The van der Waals surface area contributed by atoms with Gasteiger partial charge >= 0.3 is 0 Å². The fraction of sp³-hybridized carbons (Fsp3) is 0.118. The SMILES string of the molecule is Cc1n[nH]c(=S)n1N=Cc1ccccc1OCc1ccccc1. The Morgan fingerprint density at radius 3 is 2.65 bits per heavy atom. The molecule has 0 aliphatic carbocycles. The predicted molar refractivity (Wildman–Crippen MR) is 92.4 cm³/mol. The lowest BCUT2D eigenvalue weighted by atomic mass is 10.2. The van der Waals surface area contributed by atoms with Crippen LogP contribution in [0.15, 0.2) is 59.7 Å². The molecule has 0 unspecified atom stereocenters. The van der Waals surface area contributed by atoms with Crippen molar-refractivity contribution >= 4 is 18.4 Å². The zero-order valence-corrected chi connectivity index (χ0v) is 13.5. The summed E-state index contributed by atoms with van der Waals surface area (Å²) in [5, 5.41) is 11.1. The van der Waals surface area contributed by atoms with Gasteiger partial charge in [0.25, 0.3) is 0 Å². The first-order valence-corrected chi connectivity index (χ1v) is 7.59. The van der Waals surface area contributed by atoms with Crippen LogP contribution in [0.1, 0.15) is 17.0 Å². The fourth-order valence-corrected chi connectivity index (χ4v) is 2.31. The molecule has 3 rings (SSSR count). The van der Waals surface area contributed by atoms with Gasteiger partial charge in [0.05, 0.1) is 6.21 Å². The summed E-state index contributed by atoms with van der Waals surface area (Å²) in [5.74, 6) is 1.47. The van der Waals surface area contributed by atoms with Gasteiger partial charge in [0.2, 0.25) is 4.77 Å². The maximum atomic E-state index is 5.90. The van der Waals surface area contributed by atoms with Gasteiger partial charge < -0.3 is 4.74 Å². The van der Waals surface area contributed by atoms with Crippen LogP contribution in [0.2, 0.25) is 0 Å². The summed E-state index contributed by atoms with van der Waals surface area (Å²) in [6.07, 6.45) is 1.72. The molecule has 0 fully saturated rings. The van der Waals surface area contributed by atoms with Crippen LogP contribution in [0, 0.1) is 11.7 Å². The highest BCUT2D eigenvalue weighted by Crippen LogP contribution is 2.17. The quantitative estimate of drug-likeness (QED) is 0.575. The maximum absolute atomic E-state index is 5.90. The highest BCUT2D eigenvalue weighted by Gasteiger charge is 2.03. The summed E-state index contributed by atoms with van der Waals surface area (Å²) < 4.78 is 7.94. The van der Waals surface area contributed by atoms with Crippen LogP contribution in [-0.4, -0.2) is 21.1 Å². The number of H-pyrrole nitrogens is 1. The molecule has 0 saturated carbocycles.